The smallest absolute Gasteiger partial charge is 0.319 e. The van der Waals surface area contributed by atoms with Crippen LogP contribution in [0.1, 0.15) is 35.2 Å². The van der Waals surface area contributed by atoms with Crippen molar-refractivity contribution >= 4 is 23.3 Å². The Kier molecular flexibility index (Phi) is 4.51. The van der Waals surface area contributed by atoms with Crippen molar-refractivity contribution in [2.24, 2.45) is 0 Å². The lowest BCUT2D eigenvalue weighted by Gasteiger charge is -2.29. The number of anilines is 2. The number of carbonyl (C=O) groups excluding carboxylic acids is 2. The molecule has 0 spiro atoms. The van der Waals surface area contributed by atoms with E-state index in [1.165, 1.54) is 4.90 Å². The lowest BCUT2D eigenvalue weighted by atomic mass is 10.00. The van der Waals surface area contributed by atoms with E-state index in [0.717, 1.165) is 25.0 Å². The SMILES string of the molecule is O=C(Nc1ccc(C(=O)N2CCCc3cc(F)c(F)cc32)cc1)NC1CC1. The molecule has 1 saturated carbocycles. The quantitative estimate of drug-likeness (QED) is 0.861. The molecule has 27 heavy (non-hydrogen) atoms. The summed E-state index contributed by atoms with van der Waals surface area (Å²) in [5.41, 5.74) is 2.04. The summed E-state index contributed by atoms with van der Waals surface area (Å²) in [5.74, 6) is -2.14. The highest BCUT2D eigenvalue weighted by Gasteiger charge is 2.26. The van der Waals surface area contributed by atoms with Crippen LogP contribution in [-0.4, -0.2) is 24.5 Å². The summed E-state index contributed by atoms with van der Waals surface area (Å²) in [6.45, 7) is 0.445. The lowest BCUT2D eigenvalue weighted by Crippen LogP contribution is -2.35. The number of hydrogen-bond donors (Lipinski definition) is 2. The van der Waals surface area contributed by atoms with Gasteiger partial charge in [-0.15, -0.1) is 0 Å². The van der Waals surface area contributed by atoms with Crippen LogP contribution in [0.25, 0.3) is 0 Å². The number of halogens is 2. The molecular weight excluding hydrogens is 352 g/mol. The molecule has 1 fully saturated rings. The van der Waals surface area contributed by atoms with Crippen molar-refractivity contribution in [2.45, 2.75) is 31.7 Å². The molecule has 1 heterocycles. The Bertz CT molecular complexity index is 895. The first-order chi connectivity index (χ1) is 13.0. The molecule has 140 valence electrons. The van der Waals surface area contributed by atoms with Gasteiger partial charge in [-0.3, -0.25) is 4.79 Å². The Balaban J connectivity index is 1.50. The van der Waals surface area contributed by atoms with E-state index < -0.39 is 11.6 Å². The van der Waals surface area contributed by atoms with Crippen LogP contribution >= 0.6 is 0 Å². The van der Waals surface area contributed by atoms with E-state index in [4.69, 9.17) is 0 Å². The van der Waals surface area contributed by atoms with Gasteiger partial charge in [0.15, 0.2) is 11.6 Å². The van der Waals surface area contributed by atoms with Crippen LogP contribution in [0.2, 0.25) is 0 Å². The molecule has 2 aliphatic rings. The largest absolute Gasteiger partial charge is 0.335 e. The van der Waals surface area contributed by atoms with E-state index in [-0.39, 0.29) is 18.0 Å². The molecule has 5 nitrogen and oxygen atoms in total. The second-order valence-electron chi connectivity index (χ2n) is 6.91. The van der Waals surface area contributed by atoms with E-state index in [2.05, 4.69) is 10.6 Å². The number of rotatable bonds is 3. The highest BCUT2D eigenvalue weighted by Crippen LogP contribution is 2.30. The van der Waals surface area contributed by atoms with Crippen molar-refractivity contribution in [1.29, 1.82) is 0 Å². The van der Waals surface area contributed by atoms with Crippen LogP contribution in [0.4, 0.5) is 25.0 Å². The molecule has 2 aromatic rings. The molecule has 2 N–H and O–H groups in total. The molecule has 0 radical (unpaired) electrons. The Morgan fingerprint density at radius 2 is 1.74 bits per heavy atom. The number of aryl methyl sites for hydroxylation is 1. The first-order valence-corrected chi connectivity index (χ1v) is 8.98. The normalized spacial score (nSPS) is 15.9. The predicted molar refractivity (Wildman–Crippen MR) is 98.0 cm³/mol. The van der Waals surface area contributed by atoms with Crippen molar-refractivity contribution < 1.29 is 18.4 Å². The zero-order valence-corrected chi connectivity index (χ0v) is 14.6. The molecule has 1 aliphatic heterocycles. The van der Waals surface area contributed by atoms with Crippen molar-refractivity contribution in [2.75, 3.05) is 16.8 Å². The predicted octanol–water partition coefficient (Wildman–Crippen LogP) is 3.84. The Morgan fingerprint density at radius 3 is 2.44 bits per heavy atom. The third kappa shape index (κ3) is 3.77. The molecule has 7 heteroatoms. The number of benzene rings is 2. The second-order valence-corrected chi connectivity index (χ2v) is 6.91. The number of hydrogen-bond acceptors (Lipinski definition) is 2. The summed E-state index contributed by atoms with van der Waals surface area (Å²) >= 11 is 0. The fourth-order valence-corrected chi connectivity index (χ4v) is 3.22. The van der Waals surface area contributed by atoms with Crippen molar-refractivity contribution in [3.05, 3.63) is 59.2 Å². The summed E-state index contributed by atoms with van der Waals surface area (Å²) in [6, 6.07) is 8.77. The summed E-state index contributed by atoms with van der Waals surface area (Å²) in [5, 5.41) is 5.54. The summed E-state index contributed by atoms with van der Waals surface area (Å²) in [7, 11) is 0. The highest BCUT2D eigenvalue weighted by atomic mass is 19.2. The van der Waals surface area contributed by atoms with Crippen LogP contribution in [0.3, 0.4) is 0 Å². The van der Waals surface area contributed by atoms with Gasteiger partial charge < -0.3 is 15.5 Å². The average Bonchev–Trinajstić information content (AvgIpc) is 3.46. The molecule has 4 rings (SSSR count). The van der Waals surface area contributed by atoms with E-state index in [9.17, 15) is 18.4 Å². The topological polar surface area (TPSA) is 61.4 Å². The van der Waals surface area contributed by atoms with E-state index in [0.29, 0.717) is 41.9 Å². The third-order valence-corrected chi connectivity index (χ3v) is 4.79. The van der Waals surface area contributed by atoms with Crippen LogP contribution in [0, 0.1) is 11.6 Å². The summed E-state index contributed by atoms with van der Waals surface area (Å²) in [4.78, 5) is 26.1. The van der Waals surface area contributed by atoms with Gasteiger partial charge >= 0.3 is 6.03 Å². The maximum atomic E-state index is 13.7. The highest BCUT2D eigenvalue weighted by molar-refractivity contribution is 6.07. The van der Waals surface area contributed by atoms with Crippen molar-refractivity contribution in [3.63, 3.8) is 0 Å². The van der Waals surface area contributed by atoms with E-state index >= 15 is 0 Å². The fraction of sp³-hybridized carbons (Fsp3) is 0.300. The van der Waals surface area contributed by atoms with Crippen LogP contribution in [0.5, 0.6) is 0 Å². The molecule has 0 unspecified atom stereocenters. The van der Waals surface area contributed by atoms with Crippen LogP contribution in [-0.2, 0) is 6.42 Å². The fourth-order valence-electron chi connectivity index (χ4n) is 3.22. The minimum absolute atomic E-state index is 0.259. The van der Waals surface area contributed by atoms with Gasteiger partial charge in [-0.2, -0.15) is 0 Å². The monoisotopic (exact) mass is 371 g/mol. The average molecular weight is 371 g/mol. The van der Waals surface area contributed by atoms with Gasteiger partial charge in [0, 0.05) is 29.9 Å². The first kappa shape index (κ1) is 17.5. The lowest BCUT2D eigenvalue weighted by molar-refractivity contribution is 0.0985. The number of carbonyl (C=O) groups is 2. The Labute approximate surface area is 155 Å². The maximum Gasteiger partial charge on any atom is 0.319 e. The zero-order valence-electron chi connectivity index (χ0n) is 14.6. The first-order valence-electron chi connectivity index (χ1n) is 8.98. The Morgan fingerprint density at radius 1 is 1.04 bits per heavy atom. The number of nitrogens with zero attached hydrogens (tertiary/aromatic N) is 1. The van der Waals surface area contributed by atoms with Gasteiger partial charge in [0.2, 0.25) is 0 Å². The molecule has 3 amide bonds. The number of amides is 3. The number of fused-ring (bicyclic) bond motifs is 1. The third-order valence-electron chi connectivity index (χ3n) is 4.79. The van der Waals surface area contributed by atoms with Crippen molar-refractivity contribution in [1.82, 2.24) is 5.32 Å². The standard InChI is InChI=1S/C20H19F2N3O2/c21-16-10-13-2-1-9-25(18(13)11-17(16)22)19(26)12-3-5-14(6-4-12)23-20(27)24-15-7-8-15/h3-6,10-11,15H,1-2,7-9H2,(H2,23,24,27). The Hall–Kier alpha value is -2.96. The molecule has 1 aliphatic carbocycles. The van der Waals surface area contributed by atoms with Crippen LogP contribution < -0.4 is 15.5 Å². The minimum Gasteiger partial charge on any atom is -0.335 e. The molecular formula is C20H19F2N3O2. The molecule has 0 aromatic heterocycles. The summed E-state index contributed by atoms with van der Waals surface area (Å²) in [6.07, 6.45) is 3.30. The van der Waals surface area contributed by atoms with Gasteiger partial charge in [-0.25, -0.2) is 13.6 Å². The summed E-state index contributed by atoms with van der Waals surface area (Å²) < 4.78 is 27.1. The van der Waals surface area contributed by atoms with Gasteiger partial charge in [0.05, 0.1) is 5.69 Å². The van der Waals surface area contributed by atoms with Gasteiger partial charge in [-0.1, -0.05) is 0 Å². The van der Waals surface area contributed by atoms with E-state index in [1.54, 1.807) is 24.3 Å². The molecule has 2 aromatic carbocycles. The van der Waals surface area contributed by atoms with Crippen LogP contribution in [0.15, 0.2) is 36.4 Å². The second kappa shape index (κ2) is 6.98. The molecule has 0 saturated heterocycles. The maximum absolute atomic E-state index is 13.7. The number of nitrogens with one attached hydrogen (secondary N) is 2. The zero-order chi connectivity index (χ0) is 19.0. The van der Waals surface area contributed by atoms with E-state index in [1.807, 2.05) is 0 Å². The minimum atomic E-state index is -0.963. The molecule has 0 atom stereocenters. The van der Waals surface area contributed by atoms with Gasteiger partial charge in [0.1, 0.15) is 0 Å². The van der Waals surface area contributed by atoms with Crippen molar-refractivity contribution in [3.8, 4) is 0 Å². The number of urea groups is 1. The molecule has 0 bridgehead atoms. The van der Waals surface area contributed by atoms with Gasteiger partial charge in [-0.05, 0) is 61.6 Å². The van der Waals surface area contributed by atoms with Gasteiger partial charge in [0.25, 0.3) is 5.91 Å².